The summed E-state index contributed by atoms with van der Waals surface area (Å²) >= 11 is 0. The lowest BCUT2D eigenvalue weighted by molar-refractivity contribution is 0.0679. The van der Waals surface area contributed by atoms with Gasteiger partial charge in [-0.2, -0.15) is 0 Å². The van der Waals surface area contributed by atoms with E-state index in [1.807, 2.05) is 52.4 Å². The highest BCUT2D eigenvalue weighted by molar-refractivity contribution is 5.89. The Morgan fingerprint density at radius 2 is 2.10 bits per heavy atom. The van der Waals surface area contributed by atoms with E-state index in [1.54, 1.807) is 6.07 Å². The minimum Gasteiger partial charge on any atom is -0.491 e. The van der Waals surface area contributed by atoms with Crippen LogP contribution in [-0.2, 0) is 4.74 Å². The Kier molecular flexibility index (Phi) is 5.42. The van der Waals surface area contributed by atoms with E-state index in [0.29, 0.717) is 18.8 Å². The number of anilines is 2. The van der Waals surface area contributed by atoms with Gasteiger partial charge in [-0.05, 0) is 61.2 Å². The molecule has 6 heteroatoms. The summed E-state index contributed by atoms with van der Waals surface area (Å²) in [7, 11) is 0. The highest BCUT2D eigenvalue weighted by Gasteiger charge is 2.24. The molecule has 1 unspecified atom stereocenters. The van der Waals surface area contributed by atoms with Gasteiger partial charge in [-0.1, -0.05) is 6.58 Å². The molecule has 0 radical (unpaired) electrons. The first-order valence-electron chi connectivity index (χ1n) is 10.9. The van der Waals surface area contributed by atoms with E-state index in [4.69, 9.17) is 15.2 Å². The number of hydrogen-bond donors (Lipinski definition) is 1. The number of halogens is 1. The molecule has 31 heavy (non-hydrogen) atoms. The maximum atomic E-state index is 14.9. The fourth-order valence-electron chi connectivity index (χ4n) is 4.52. The number of benzene rings is 2. The third-order valence-electron chi connectivity index (χ3n) is 6.26. The zero-order valence-corrected chi connectivity index (χ0v) is 17.6. The molecule has 2 atom stereocenters. The van der Waals surface area contributed by atoms with E-state index >= 15 is 0 Å². The molecule has 162 valence electrons. The van der Waals surface area contributed by atoms with Crippen molar-refractivity contribution in [2.75, 3.05) is 36.1 Å². The lowest BCUT2D eigenvalue weighted by atomic mass is 10.0. The van der Waals surface area contributed by atoms with Crippen molar-refractivity contribution in [3.05, 3.63) is 66.1 Å². The van der Waals surface area contributed by atoms with Crippen molar-refractivity contribution in [1.82, 2.24) is 0 Å². The molecule has 2 aromatic rings. The Labute approximate surface area is 182 Å². The number of ether oxygens (including phenoxy) is 2. The minimum absolute atomic E-state index is 0.111. The van der Waals surface area contributed by atoms with Crippen LogP contribution >= 0.6 is 0 Å². The van der Waals surface area contributed by atoms with Crippen LogP contribution in [0.5, 0.6) is 5.75 Å². The first-order chi connectivity index (χ1) is 15.1. The molecule has 0 spiro atoms. The number of hydrogen-bond acceptors (Lipinski definition) is 5. The van der Waals surface area contributed by atoms with E-state index in [1.165, 1.54) is 0 Å². The van der Waals surface area contributed by atoms with Crippen LogP contribution in [-0.4, -0.2) is 38.4 Å². The van der Waals surface area contributed by atoms with Crippen molar-refractivity contribution in [3.8, 4) is 5.75 Å². The molecule has 0 saturated carbocycles. The topological polar surface area (TPSA) is 51.0 Å². The Morgan fingerprint density at radius 1 is 1.19 bits per heavy atom. The number of fused-ring (bicyclic) bond motifs is 1. The van der Waals surface area contributed by atoms with Gasteiger partial charge in [0.2, 0.25) is 0 Å². The number of nitrogens with two attached hydrogens (primary N) is 1. The van der Waals surface area contributed by atoms with Gasteiger partial charge >= 0.3 is 0 Å². The van der Waals surface area contributed by atoms with Gasteiger partial charge in [-0.15, -0.1) is 0 Å². The predicted molar refractivity (Wildman–Crippen MR) is 123 cm³/mol. The average Bonchev–Trinajstić information content (AvgIpc) is 3.44. The molecule has 3 aliphatic rings. The highest BCUT2D eigenvalue weighted by Crippen LogP contribution is 2.36. The first-order valence-corrected chi connectivity index (χ1v) is 10.9. The third kappa shape index (κ3) is 4.05. The maximum Gasteiger partial charge on any atom is 0.148 e. The summed E-state index contributed by atoms with van der Waals surface area (Å²) < 4.78 is 26.4. The van der Waals surface area contributed by atoms with Crippen LogP contribution in [0.3, 0.4) is 0 Å². The predicted octanol–water partition coefficient (Wildman–Crippen LogP) is 4.38. The van der Waals surface area contributed by atoms with E-state index < -0.39 is 0 Å². The summed E-state index contributed by atoms with van der Waals surface area (Å²) in [6.45, 7) is 7.13. The maximum absolute atomic E-state index is 14.9. The Hall–Kier alpha value is -2.83. The Bertz CT molecular complexity index is 1020. The third-order valence-corrected chi connectivity index (χ3v) is 6.26. The average molecular weight is 422 g/mol. The van der Waals surface area contributed by atoms with Crippen LogP contribution in [0.25, 0.3) is 11.8 Å². The van der Waals surface area contributed by atoms with Crippen molar-refractivity contribution in [2.24, 2.45) is 5.73 Å². The molecule has 0 aliphatic carbocycles. The molecule has 0 bridgehead atoms. The first kappa shape index (κ1) is 20.1. The molecular weight excluding hydrogens is 393 g/mol. The van der Waals surface area contributed by atoms with E-state index in [0.717, 1.165) is 60.7 Å². The number of nitrogens with zero attached hydrogens (tertiary/aromatic N) is 2. The van der Waals surface area contributed by atoms with Crippen LogP contribution in [0, 0.1) is 5.82 Å². The van der Waals surface area contributed by atoms with Crippen molar-refractivity contribution in [2.45, 2.75) is 31.4 Å². The smallest absolute Gasteiger partial charge is 0.148 e. The van der Waals surface area contributed by atoms with Crippen LogP contribution < -0.4 is 20.3 Å². The Balaban J connectivity index is 1.31. The van der Waals surface area contributed by atoms with Gasteiger partial charge in [-0.3, -0.25) is 0 Å². The van der Waals surface area contributed by atoms with Gasteiger partial charge in [0, 0.05) is 55.0 Å². The molecule has 5 rings (SSSR count). The Morgan fingerprint density at radius 3 is 2.84 bits per heavy atom. The van der Waals surface area contributed by atoms with E-state index in [9.17, 15) is 4.39 Å². The van der Waals surface area contributed by atoms with Gasteiger partial charge in [0.15, 0.2) is 0 Å². The van der Waals surface area contributed by atoms with Crippen LogP contribution in [0.2, 0.25) is 0 Å². The van der Waals surface area contributed by atoms with Gasteiger partial charge in [0.1, 0.15) is 18.2 Å². The molecule has 3 heterocycles. The zero-order valence-electron chi connectivity index (χ0n) is 17.6. The fraction of sp³-hybridized carbons (Fsp3) is 0.360. The molecule has 2 fully saturated rings. The molecule has 0 amide bonds. The molecule has 2 saturated heterocycles. The van der Waals surface area contributed by atoms with Crippen molar-refractivity contribution in [1.29, 1.82) is 0 Å². The summed E-state index contributed by atoms with van der Waals surface area (Å²) in [6, 6.07) is 11.4. The number of rotatable bonds is 5. The minimum atomic E-state index is -0.239. The van der Waals surface area contributed by atoms with Gasteiger partial charge in [0.05, 0.1) is 11.8 Å². The second-order valence-electron chi connectivity index (χ2n) is 8.46. The van der Waals surface area contributed by atoms with Crippen molar-refractivity contribution < 1.29 is 13.9 Å². The van der Waals surface area contributed by atoms with Gasteiger partial charge < -0.3 is 25.0 Å². The summed E-state index contributed by atoms with van der Waals surface area (Å²) in [6.07, 6.45) is 7.16. The second kappa shape index (κ2) is 8.36. The van der Waals surface area contributed by atoms with Crippen LogP contribution in [0.4, 0.5) is 15.8 Å². The fourth-order valence-corrected chi connectivity index (χ4v) is 4.52. The van der Waals surface area contributed by atoms with E-state index in [-0.39, 0.29) is 18.0 Å². The molecule has 3 aliphatic heterocycles. The molecule has 2 aromatic carbocycles. The lowest BCUT2D eigenvalue weighted by Crippen LogP contribution is -2.27. The van der Waals surface area contributed by atoms with Crippen LogP contribution in [0.15, 0.2) is 49.2 Å². The normalized spacial score (nSPS) is 22.8. The highest BCUT2D eigenvalue weighted by atomic mass is 19.1. The van der Waals surface area contributed by atoms with Crippen LogP contribution in [0.1, 0.15) is 30.4 Å². The van der Waals surface area contributed by atoms with Crippen molar-refractivity contribution >= 4 is 23.1 Å². The van der Waals surface area contributed by atoms with Crippen molar-refractivity contribution in [3.63, 3.8) is 0 Å². The molecular formula is C25H28FN3O2. The largest absolute Gasteiger partial charge is 0.491 e. The monoisotopic (exact) mass is 421 g/mol. The lowest BCUT2D eigenvalue weighted by Gasteiger charge is -2.29. The van der Waals surface area contributed by atoms with E-state index in [2.05, 4.69) is 6.58 Å². The van der Waals surface area contributed by atoms with Gasteiger partial charge in [-0.25, -0.2) is 4.39 Å². The standard InChI is InChI=1S/C25H28FN3O2/c1-17-23-6-5-21(31-16-22-3-2-12-30-22)13-18(23)8-11-29(17)20-4-7-25(24(26)14-20)28-10-9-19(27)15-28/h4-8,11,13-14,19,22H,1-3,9-10,12,15-16,27H2/t19?,22-/m1/s1. The molecule has 2 N–H and O–H groups in total. The summed E-state index contributed by atoms with van der Waals surface area (Å²) in [5, 5.41) is 0. The zero-order chi connectivity index (χ0) is 21.4. The summed E-state index contributed by atoms with van der Waals surface area (Å²) in [5.74, 6) is 0.579. The SMILES string of the molecule is C=C1c2ccc(OC[C@H]3CCCO3)cc2C=CN1c1ccc(N2CCC(N)C2)c(F)c1. The molecule has 5 nitrogen and oxygen atoms in total. The van der Waals surface area contributed by atoms with Gasteiger partial charge in [0.25, 0.3) is 0 Å². The quantitative estimate of drug-likeness (QED) is 0.776. The summed E-state index contributed by atoms with van der Waals surface area (Å²) in [5.41, 5.74) is 10.2. The molecule has 0 aromatic heterocycles. The summed E-state index contributed by atoms with van der Waals surface area (Å²) in [4.78, 5) is 3.93. The second-order valence-corrected chi connectivity index (χ2v) is 8.46.